The third-order valence-corrected chi connectivity index (χ3v) is 6.17. The number of amides is 1. The van der Waals surface area contributed by atoms with Gasteiger partial charge in [-0.2, -0.15) is 0 Å². The summed E-state index contributed by atoms with van der Waals surface area (Å²) in [7, 11) is 0. The summed E-state index contributed by atoms with van der Waals surface area (Å²) >= 11 is 6.17. The number of carbonyl (C=O) groups excluding carboxylic acids is 2. The summed E-state index contributed by atoms with van der Waals surface area (Å²) in [6, 6.07) is 4.97. The summed E-state index contributed by atoms with van der Waals surface area (Å²) in [4.78, 5) is 33.4. The molecule has 6 N–H and O–H groups in total. The molecule has 9 heteroatoms. The highest BCUT2D eigenvalue weighted by molar-refractivity contribution is 6.34. The van der Waals surface area contributed by atoms with Crippen LogP contribution >= 0.6 is 11.6 Å². The molecule has 1 heterocycles. The van der Waals surface area contributed by atoms with Gasteiger partial charge in [-0.25, -0.2) is 9.97 Å². The molecule has 1 fully saturated rings. The lowest BCUT2D eigenvalue weighted by molar-refractivity contribution is 0.0983. The Hall–Kier alpha value is -2.71. The van der Waals surface area contributed by atoms with Gasteiger partial charge in [0.25, 0.3) is 5.91 Å². The zero-order valence-corrected chi connectivity index (χ0v) is 19.4. The Morgan fingerprint density at radius 3 is 2.47 bits per heavy atom. The number of carbonyl (C=O) groups is 2. The van der Waals surface area contributed by atoms with E-state index in [0.29, 0.717) is 47.2 Å². The van der Waals surface area contributed by atoms with Gasteiger partial charge < -0.3 is 22.1 Å². The number of hydrogen-bond acceptors (Lipinski definition) is 7. The van der Waals surface area contributed by atoms with Gasteiger partial charge in [0.15, 0.2) is 17.3 Å². The number of rotatable bonds is 9. The van der Waals surface area contributed by atoms with Gasteiger partial charge in [-0.05, 0) is 37.5 Å². The van der Waals surface area contributed by atoms with Gasteiger partial charge in [-0.3, -0.25) is 9.59 Å². The molecule has 1 saturated carbocycles. The van der Waals surface area contributed by atoms with Crippen molar-refractivity contribution in [2.75, 3.05) is 17.2 Å². The van der Waals surface area contributed by atoms with Crippen LogP contribution in [-0.2, 0) is 6.42 Å². The summed E-state index contributed by atoms with van der Waals surface area (Å²) < 4.78 is 0. The van der Waals surface area contributed by atoms with Gasteiger partial charge in [0, 0.05) is 29.8 Å². The second kappa shape index (κ2) is 10.3. The Morgan fingerprint density at radius 2 is 1.84 bits per heavy atom. The molecule has 0 atom stereocenters. The van der Waals surface area contributed by atoms with Crippen LogP contribution in [0.5, 0.6) is 0 Å². The first kappa shape index (κ1) is 23.9. The molecule has 1 aliphatic carbocycles. The minimum Gasteiger partial charge on any atom is -0.367 e. The van der Waals surface area contributed by atoms with Crippen LogP contribution in [-0.4, -0.2) is 33.7 Å². The Morgan fingerprint density at radius 1 is 1.12 bits per heavy atom. The van der Waals surface area contributed by atoms with Gasteiger partial charge >= 0.3 is 0 Å². The van der Waals surface area contributed by atoms with Crippen molar-refractivity contribution in [1.82, 2.24) is 9.97 Å². The van der Waals surface area contributed by atoms with E-state index < -0.39 is 5.91 Å². The summed E-state index contributed by atoms with van der Waals surface area (Å²) in [6.45, 7) is 4.28. The van der Waals surface area contributed by atoms with E-state index in [1.165, 1.54) is 6.42 Å². The van der Waals surface area contributed by atoms with Crippen molar-refractivity contribution in [3.05, 3.63) is 40.2 Å². The Kier molecular flexibility index (Phi) is 7.69. The molecule has 0 spiro atoms. The van der Waals surface area contributed by atoms with Crippen LogP contribution in [0, 0.1) is 0 Å². The number of anilines is 3. The molecule has 3 rings (SSSR count). The Labute approximate surface area is 193 Å². The van der Waals surface area contributed by atoms with Crippen molar-refractivity contribution >= 4 is 40.6 Å². The average Bonchev–Trinajstić information content (AvgIpc) is 2.78. The van der Waals surface area contributed by atoms with Crippen LogP contribution in [0.3, 0.4) is 0 Å². The lowest BCUT2D eigenvalue weighted by atomic mass is 9.82. The number of hydrogen-bond donors (Lipinski definition) is 4. The van der Waals surface area contributed by atoms with E-state index >= 15 is 0 Å². The summed E-state index contributed by atoms with van der Waals surface area (Å²) in [5.74, 6) is 0.00488. The molecule has 0 unspecified atom stereocenters. The third kappa shape index (κ3) is 5.55. The highest BCUT2D eigenvalue weighted by Crippen LogP contribution is 2.29. The molecule has 2 aromatic rings. The van der Waals surface area contributed by atoms with Crippen molar-refractivity contribution < 1.29 is 9.59 Å². The summed E-state index contributed by atoms with van der Waals surface area (Å²) in [6.07, 6.45) is 6.26. The molecule has 1 amide bonds. The summed E-state index contributed by atoms with van der Waals surface area (Å²) in [5.41, 5.74) is 13.5. The SMILES string of the molecule is CCC(=O)c1cc(Nc2nc(NCC3(N)CCCCC3)c(CC)nc2C(N)=O)ccc1Cl. The molecular weight excluding hydrogens is 428 g/mol. The molecule has 32 heavy (non-hydrogen) atoms. The lowest BCUT2D eigenvalue weighted by Crippen LogP contribution is -2.47. The van der Waals surface area contributed by atoms with Gasteiger partial charge in [-0.15, -0.1) is 0 Å². The first-order chi connectivity index (χ1) is 15.3. The highest BCUT2D eigenvalue weighted by Gasteiger charge is 2.28. The lowest BCUT2D eigenvalue weighted by Gasteiger charge is -2.33. The van der Waals surface area contributed by atoms with Crippen LogP contribution < -0.4 is 22.1 Å². The maximum Gasteiger partial charge on any atom is 0.271 e. The molecule has 0 saturated heterocycles. The van der Waals surface area contributed by atoms with Crippen LogP contribution in [0.1, 0.15) is 78.9 Å². The smallest absolute Gasteiger partial charge is 0.271 e. The van der Waals surface area contributed by atoms with Gasteiger partial charge in [0.05, 0.1) is 10.7 Å². The van der Waals surface area contributed by atoms with Crippen molar-refractivity contribution in [2.24, 2.45) is 11.5 Å². The van der Waals surface area contributed by atoms with Crippen molar-refractivity contribution in [3.8, 4) is 0 Å². The maximum absolute atomic E-state index is 12.2. The average molecular weight is 459 g/mol. The number of halogens is 1. The zero-order chi connectivity index (χ0) is 23.3. The molecular formula is C23H31ClN6O2. The molecule has 0 aliphatic heterocycles. The number of aryl methyl sites for hydroxylation is 1. The molecule has 1 aromatic carbocycles. The van der Waals surface area contributed by atoms with E-state index in [4.69, 9.17) is 23.1 Å². The minimum atomic E-state index is -0.692. The predicted octanol–water partition coefficient (Wildman–Crippen LogP) is 4.20. The van der Waals surface area contributed by atoms with E-state index in [9.17, 15) is 9.59 Å². The topological polar surface area (TPSA) is 136 Å². The van der Waals surface area contributed by atoms with E-state index in [-0.39, 0.29) is 22.8 Å². The monoisotopic (exact) mass is 458 g/mol. The quantitative estimate of drug-likeness (QED) is 0.413. The molecule has 1 aromatic heterocycles. The van der Waals surface area contributed by atoms with Gasteiger partial charge in [0.2, 0.25) is 0 Å². The Balaban J connectivity index is 1.93. The first-order valence-corrected chi connectivity index (χ1v) is 11.5. The highest BCUT2D eigenvalue weighted by atomic mass is 35.5. The fourth-order valence-corrected chi connectivity index (χ4v) is 4.18. The largest absolute Gasteiger partial charge is 0.367 e. The standard InChI is InChI=1S/C23H31ClN6O2/c1-3-17-21(27-13-23(26)10-6-5-7-11-23)30-22(19(29-17)20(25)32)28-14-8-9-16(24)15(12-14)18(31)4-2/h8-9,12H,3-7,10-11,13,26H2,1-2H3,(H2,25,32)(H2,27,28,30). The second-order valence-electron chi connectivity index (χ2n) is 8.31. The molecule has 0 radical (unpaired) electrons. The minimum absolute atomic E-state index is 0.0332. The van der Waals surface area contributed by atoms with E-state index in [1.807, 2.05) is 6.92 Å². The van der Waals surface area contributed by atoms with Gasteiger partial charge in [-0.1, -0.05) is 44.7 Å². The molecule has 1 aliphatic rings. The molecule has 172 valence electrons. The number of aromatic nitrogens is 2. The Bertz CT molecular complexity index is 1000. The predicted molar refractivity (Wildman–Crippen MR) is 128 cm³/mol. The fourth-order valence-electron chi connectivity index (χ4n) is 3.95. The number of nitrogens with zero attached hydrogens (tertiary/aromatic N) is 2. The van der Waals surface area contributed by atoms with E-state index in [2.05, 4.69) is 20.6 Å². The van der Waals surface area contributed by atoms with Crippen LogP contribution in [0.25, 0.3) is 0 Å². The van der Waals surface area contributed by atoms with Gasteiger partial charge in [0.1, 0.15) is 5.82 Å². The fraction of sp³-hybridized carbons (Fsp3) is 0.478. The summed E-state index contributed by atoms with van der Waals surface area (Å²) in [5, 5.41) is 6.80. The maximum atomic E-state index is 12.2. The van der Waals surface area contributed by atoms with Crippen LogP contribution in [0.15, 0.2) is 18.2 Å². The molecule has 8 nitrogen and oxygen atoms in total. The number of benzene rings is 1. The normalized spacial score (nSPS) is 15.2. The number of Topliss-reactive ketones (excluding diaryl/α,β-unsaturated/α-hetero) is 1. The van der Waals surface area contributed by atoms with E-state index in [0.717, 1.165) is 25.7 Å². The number of primary amides is 1. The molecule has 0 bridgehead atoms. The zero-order valence-electron chi connectivity index (χ0n) is 18.6. The third-order valence-electron chi connectivity index (χ3n) is 5.84. The van der Waals surface area contributed by atoms with Crippen LogP contribution in [0.2, 0.25) is 5.02 Å². The first-order valence-electron chi connectivity index (χ1n) is 11.1. The number of nitrogens with one attached hydrogen (secondary N) is 2. The number of nitrogens with two attached hydrogens (primary N) is 2. The number of ketones is 1. The van der Waals surface area contributed by atoms with Crippen molar-refractivity contribution in [1.29, 1.82) is 0 Å². The van der Waals surface area contributed by atoms with E-state index in [1.54, 1.807) is 25.1 Å². The van der Waals surface area contributed by atoms with Crippen LogP contribution in [0.4, 0.5) is 17.3 Å². The van der Waals surface area contributed by atoms with Crippen molar-refractivity contribution in [3.63, 3.8) is 0 Å². The second-order valence-corrected chi connectivity index (χ2v) is 8.71. The van der Waals surface area contributed by atoms with Crippen molar-refractivity contribution in [2.45, 2.75) is 64.3 Å².